The van der Waals surface area contributed by atoms with E-state index in [2.05, 4.69) is 17.7 Å². The van der Waals surface area contributed by atoms with Crippen molar-refractivity contribution in [3.63, 3.8) is 0 Å². The highest BCUT2D eigenvalue weighted by molar-refractivity contribution is 5.32. The van der Waals surface area contributed by atoms with Gasteiger partial charge in [0.15, 0.2) is 0 Å². The third-order valence-corrected chi connectivity index (χ3v) is 3.45. The third kappa shape index (κ3) is 3.45. The van der Waals surface area contributed by atoms with Gasteiger partial charge in [-0.2, -0.15) is 0 Å². The first kappa shape index (κ1) is 14.3. The van der Waals surface area contributed by atoms with Crippen LogP contribution in [0.1, 0.15) is 30.5 Å². The van der Waals surface area contributed by atoms with Crippen LogP contribution in [0.5, 0.6) is 0 Å². The standard InChI is InChI=1S/C15H19N3O2/c1-2-15(16)13-8-10-17(11-13)9-7-12-3-5-14(6-4-12)18(19)20/h3-6,8,10-11,15H,2,7,9,16H2,1H3. The van der Waals surface area contributed by atoms with Crippen LogP contribution in [0.3, 0.4) is 0 Å². The first-order chi connectivity index (χ1) is 9.60. The lowest BCUT2D eigenvalue weighted by Crippen LogP contribution is -2.07. The van der Waals surface area contributed by atoms with Gasteiger partial charge in [0.25, 0.3) is 5.69 Å². The molecule has 2 N–H and O–H groups in total. The van der Waals surface area contributed by atoms with Gasteiger partial charge < -0.3 is 10.3 Å². The fourth-order valence-corrected chi connectivity index (χ4v) is 2.10. The number of non-ortho nitro benzene ring substituents is 1. The minimum absolute atomic E-state index is 0.0932. The maximum Gasteiger partial charge on any atom is 0.269 e. The lowest BCUT2D eigenvalue weighted by Gasteiger charge is -2.06. The normalized spacial score (nSPS) is 12.3. The Balaban J connectivity index is 1.94. The van der Waals surface area contributed by atoms with Gasteiger partial charge in [0.05, 0.1) is 4.92 Å². The zero-order chi connectivity index (χ0) is 14.5. The molecule has 1 heterocycles. The van der Waals surface area contributed by atoms with Gasteiger partial charge in [0.1, 0.15) is 0 Å². The summed E-state index contributed by atoms with van der Waals surface area (Å²) in [6.45, 7) is 2.91. The van der Waals surface area contributed by atoms with E-state index in [9.17, 15) is 10.1 Å². The number of nitrogens with two attached hydrogens (primary N) is 1. The summed E-state index contributed by atoms with van der Waals surface area (Å²) < 4.78 is 2.10. The molecule has 0 aliphatic rings. The second-order valence-corrected chi connectivity index (χ2v) is 4.87. The molecule has 0 fully saturated rings. The van der Waals surface area contributed by atoms with Gasteiger partial charge in [-0.05, 0) is 30.0 Å². The molecule has 1 aromatic carbocycles. The molecule has 0 spiro atoms. The number of benzene rings is 1. The fraction of sp³-hybridized carbons (Fsp3) is 0.333. The summed E-state index contributed by atoms with van der Waals surface area (Å²) in [5, 5.41) is 10.6. The van der Waals surface area contributed by atoms with Gasteiger partial charge in [-0.15, -0.1) is 0 Å². The highest BCUT2D eigenvalue weighted by Gasteiger charge is 2.06. The molecular weight excluding hydrogens is 254 g/mol. The molecular formula is C15H19N3O2. The smallest absolute Gasteiger partial charge is 0.269 e. The van der Waals surface area contributed by atoms with Crippen LogP contribution in [-0.2, 0) is 13.0 Å². The maximum atomic E-state index is 10.6. The molecule has 0 saturated carbocycles. The number of nitro benzene ring substituents is 1. The van der Waals surface area contributed by atoms with Crippen LogP contribution in [0, 0.1) is 10.1 Å². The lowest BCUT2D eigenvalue weighted by molar-refractivity contribution is -0.384. The van der Waals surface area contributed by atoms with Crippen molar-refractivity contribution in [2.75, 3.05) is 0 Å². The Labute approximate surface area is 118 Å². The molecule has 0 bridgehead atoms. The summed E-state index contributed by atoms with van der Waals surface area (Å²) in [7, 11) is 0. The monoisotopic (exact) mass is 273 g/mol. The van der Waals surface area contributed by atoms with Crippen molar-refractivity contribution >= 4 is 5.69 Å². The van der Waals surface area contributed by atoms with Crippen LogP contribution in [0.15, 0.2) is 42.7 Å². The summed E-state index contributed by atoms with van der Waals surface area (Å²) in [5.41, 5.74) is 8.35. The predicted octanol–water partition coefficient (Wildman–Crippen LogP) is 3.05. The van der Waals surface area contributed by atoms with Crippen LogP contribution in [-0.4, -0.2) is 9.49 Å². The number of nitro groups is 1. The Kier molecular flexibility index (Phi) is 4.53. The van der Waals surface area contributed by atoms with Crippen molar-refractivity contribution in [2.24, 2.45) is 5.73 Å². The zero-order valence-electron chi connectivity index (χ0n) is 11.5. The Morgan fingerprint density at radius 2 is 2.00 bits per heavy atom. The average Bonchev–Trinajstić information content (AvgIpc) is 2.93. The van der Waals surface area contributed by atoms with Crippen LogP contribution in [0.4, 0.5) is 5.69 Å². The highest BCUT2D eigenvalue weighted by Crippen LogP contribution is 2.15. The van der Waals surface area contributed by atoms with Crippen LogP contribution in [0.2, 0.25) is 0 Å². The largest absolute Gasteiger partial charge is 0.354 e. The van der Waals surface area contributed by atoms with Gasteiger partial charge in [0.2, 0.25) is 0 Å². The number of hydrogen-bond acceptors (Lipinski definition) is 3. The fourth-order valence-electron chi connectivity index (χ4n) is 2.10. The molecule has 0 aliphatic carbocycles. The highest BCUT2D eigenvalue weighted by atomic mass is 16.6. The van der Waals surface area contributed by atoms with Crippen LogP contribution < -0.4 is 5.73 Å². The summed E-state index contributed by atoms with van der Waals surface area (Å²) in [6.07, 6.45) is 5.86. The number of hydrogen-bond donors (Lipinski definition) is 1. The van der Waals surface area contributed by atoms with Crippen molar-refractivity contribution in [2.45, 2.75) is 32.4 Å². The van der Waals surface area contributed by atoms with E-state index in [0.717, 1.165) is 30.5 Å². The summed E-state index contributed by atoms with van der Waals surface area (Å²) >= 11 is 0. The van der Waals surface area contributed by atoms with Crippen molar-refractivity contribution in [3.8, 4) is 0 Å². The van der Waals surface area contributed by atoms with E-state index in [0.29, 0.717) is 0 Å². The predicted molar refractivity (Wildman–Crippen MR) is 78.5 cm³/mol. The van der Waals surface area contributed by atoms with E-state index in [1.165, 1.54) is 0 Å². The quantitative estimate of drug-likeness (QED) is 0.649. The van der Waals surface area contributed by atoms with Gasteiger partial charge in [-0.1, -0.05) is 19.1 Å². The molecule has 0 saturated heterocycles. The number of aromatic nitrogens is 1. The molecule has 1 aromatic heterocycles. The molecule has 5 heteroatoms. The molecule has 2 rings (SSSR count). The Hall–Kier alpha value is -2.14. The SMILES string of the molecule is CCC(N)c1ccn(CCc2ccc([N+](=O)[O-])cc2)c1. The molecule has 1 atom stereocenters. The van der Waals surface area contributed by atoms with E-state index in [1.807, 2.05) is 12.3 Å². The van der Waals surface area contributed by atoms with Gasteiger partial charge >= 0.3 is 0 Å². The Bertz CT molecular complexity index is 575. The number of aryl methyl sites for hydroxylation is 2. The molecule has 0 amide bonds. The van der Waals surface area contributed by atoms with E-state index in [1.54, 1.807) is 24.3 Å². The van der Waals surface area contributed by atoms with E-state index >= 15 is 0 Å². The number of rotatable bonds is 6. The van der Waals surface area contributed by atoms with Crippen LogP contribution >= 0.6 is 0 Å². The van der Waals surface area contributed by atoms with Crippen molar-refractivity contribution in [1.29, 1.82) is 0 Å². The topological polar surface area (TPSA) is 74.1 Å². The third-order valence-electron chi connectivity index (χ3n) is 3.45. The molecule has 0 radical (unpaired) electrons. The summed E-state index contributed by atoms with van der Waals surface area (Å²) in [6, 6.07) is 8.84. The van der Waals surface area contributed by atoms with Gasteiger partial charge in [0, 0.05) is 37.1 Å². The minimum Gasteiger partial charge on any atom is -0.354 e. The molecule has 2 aromatic rings. The second-order valence-electron chi connectivity index (χ2n) is 4.87. The van der Waals surface area contributed by atoms with Gasteiger partial charge in [-0.25, -0.2) is 0 Å². The van der Waals surface area contributed by atoms with E-state index in [4.69, 9.17) is 5.73 Å². The first-order valence-electron chi connectivity index (χ1n) is 6.74. The second kappa shape index (κ2) is 6.34. The molecule has 1 unspecified atom stereocenters. The lowest BCUT2D eigenvalue weighted by atomic mass is 10.1. The molecule has 20 heavy (non-hydrogen) atoms. The Morgan fingerprint density at radius 1 is 1.30 bits per heavy atom. The first-order valence-corrected chi connectivity index (χ1v) is 6.74. The number of nitrogens with zero attached hydrogens (tertiary/aromatic N) is 2. The summed E-state index contributed by atoms with van der Waals surface area (Å²) in [4.78, 5) is 10.2. The summed E-state index contributed by atoms with van der Waals surface area (Å²) in [5.74, 6) is 0. The van der Waals surface area contributed by atoms with Crippen molar-refractivity contribution < 1.29 is 4.92 Å². The molecule has 5 nitrogen and oxygen atoms in total. The zero-order valence-corrected chi connectivity index (χ0v) is 11.5. The van der Waals surface area contributed by atoms with Crippen molar-refractivity contribution in [3.05, 3.63) is 64.0 Å². The van der Waals surface area contributed by atoms with Crippen LogP contribution in [0.25, 0.3) is 0 Å². The van der Waals surface area contributed by atoms with E-state index < -0.39 is 0 Å². The Morgan fingerprint density at radius 3 is 2.60 bits per heavy atom. The van der Waals surface area contributed by atoms with Crippen molar-refractivity contribution in [1.82, 2.24) is 4.57 Å². The molecule has 0 aliphatic heterocycles. The molecule has 106 valence electrons. The minimum atomic E-state index is -0.381. The van der Waals surface area contributed by atoms with Gasteiger partial charge in [-0.3, -0.25) is 10.1 Å². The average molecular weight is 273 g/mol. The maximum absolute atomic E-state index is 10.6. The van der Waals surface area contributed by atoms with E-state index in [-0.39, 0.29) is 16.7 Å².